The van der Waals surface area contributed by atoms with Gasteiger partial charge in [-0.05, 0) is 25.1 Å². The van der Waals surface area contributed by atoms with E-state index < -0.39 is 17.1 Å². The molecular weight excluding hydrogens is 281 g/mol. The second-order valence-corrected chi connectivity index (χ2v) is 6.12. The third-order valence-corrected chi connectivity index (χ3v) is 4.84. The van der Waals surface area contributed by atoms with Crippen molar-refractivity contribution in [2.24, 2.45) is 0 Å². The molecule has 0 nitrogen and oxygen atoms in total. The molecule has 2 aromatic rings. The van der Waals surface area contributed by atoms with Crippen LogP contribution in [0.4, 0.5) is 13.2 Å². The molecule has 0 fully saturated rings. The fourth-order valence-corrected chi connectivity index (χ4v) is 3.73. The van der Waals surface area contributed by atoms with Crippen molar-refractivity contribution in [1.82, 2.24) is 0 Å². The van der Waals surface area contributed by atoms with Crippen LogP contribution >= 0.6 is 0 Å². The molecule has 0 bridgehead atoms. The normalized spacial score (nSPS) is 13.6. The average molecular weight is 295 g/mol. The van der Waals surface area contributed by atoms with Gasteiger partial charge in [-0.25, -0.2) is 0 Å². The quantitative estimate of drug-likeness (QED) is 0.690. The van der Waals surface area contributed by atoms with Gasteiger partial charge in [0.25, 0.3) is 0 Å². The lowest BCUT2D eigenvalue weighted by Crippen LogP contribution is -2.06. The van der Waals surface area contributed by atoms with Crippen LogP contribution in [0.2, 0.25) is 0 Å². The molecule has 0 heterocycles. The highest BCUT2D eigenvalue weighted by Crippen LogP contribution is 2.29. The van der Waals surface area contributed by atoms with Crippen LogP contribution in [0.25, 0.3) is 0 Å². The molecule has 4 heteroatoms. The largest absolute Gasteiger partial charge is 0.413 e. The van der Waals surface area contributed by atoms with Gasteiger partial charge in [0, 0.05) is 5.56 Å². The van der Waals surface area contributed by atoms with Crippen LogP contribution in [-0.2, 0) is 10.9 Å². The van der Waals surface area contributed by atoms with Crippen LogP contribution in [0.3, 0.4) is 0 Å². The van der Waals surface area contributed by atoms with Gasteiger partial charge in [-0.1, -0.05) is 36.4 Å². The summed E-state index contributed by atoms with van der Waals surface area (Å²) in [5, 5.41) is 1.25. The lowest BCUT2D eigenvalue weighted by Gasteiger charge is -2.06. The first kappa shape index (κ1) is 14.7. The van der Waals surface area contributed by atoms with Gasteiger partial charge in [-0.3, -0.25) is 0 Å². The standard InChI is InChI=1S/C16H14F3S/c1-13-7-5-6-10-15(13)20(12-11-16(17,18)19)14-8-3-2-4-9-14/h2-12H,1H3/q+1/b12-11+. The van der Waals surface area contributed by atoms with Crippen LogP contribution in [0.5, 0.6) is 0 Å². The van der Waals surface area contributed by atoms with Crippen LogP contribution in [0.1, 0.15) is 5.56 Å². The summed E-state index contributed by atoms with van der Waals surface area (Å²) >= 11 is 0. The zero-order valence-corrected chi connectivity index (χ0v) is 11.7. The van der Waals surface area contributed by atoms with Gasteiger partial charge in [0.05, 0.1) is 17.0 Å². The average Bonchev–Trinajstić information content (AvgIpc) is 2.41. The Balaban J connectivity index is 2.45. The van der Waals surface area contributed by atoms with E-state index in [4.69, 9.17) is 0 Å². The SMILES string of the molecule is Cc1ccccc1[S+](/C=C/C(F)(F)F)c1ccccc1. The van der Waals surface area contributed by atoms with Crippen LogP contribution in [0.15, 0.2) is 75.9 Å². The predicted octanol–water partition coefficient (Wildman–Crippen LogP) is 5.11. The minimum Gasteiger partial charge on any atom is -0.167 e. The van der Waals surface area contributed by atoms with E-state index in [-0.39, 0.29) is 0 Å². The molecule has 104 valence electrons. The first-order valence-electron chi connectivity index (χ1n) is 6.07. The Morgan fingerprint density at radius 1 is 0.900 bits per heavy atom. The van der Waals surface area contributed by atoms with E-state index in [0.29, 0.717) is 6.08 Å². The third-order valence-electron chi connectivity index (χ3n) is 2.72. The van der Waals surface area contributed by atoms with Crippen LogP contribution in [0, 0.1) is 6.92 Å². The van der Waals surface area contributed by atoms with E-state index in [0.717, 1.165) is 15.4 Å². The number of allylic oxidation sites excluding steroid dienone is 1. The number of aryl methyl sites for hydroxylation is 1. The molecule has 0 radical (unpaired) electrons. The molecule has 0 aromatic heterocycles. The van der Waals surface area contributed by atoms with Crippen molar-refractivity contribution in [2.45, 2.75) is 22.9 Å². The highest BCUT2D eigenvalue weighted by Gasteiger charge is 2.29. The topological polar surface area (TPSA) is 0 Å². The van der Waals surface area contributed by atoms with Crippen molar-refractivity contribution < 1.29 is 13.2 Å². The molecule has 20 heavy (non-hydrogen) atoms. The summed E-state index contributed by atoms with van der Waals surface area (Å²) in [5.41, 5.74) is 0.992. The monoisotopic (exact) mass is 295 g/mol. The number of halogens is 3. The lowest BCUT2D eigenvalue weighted by atomic mass is 10.2. The molecule has 1 atom stereocenters. The first-order valence-corrected chi connectivity index (χ1v) is 7.36. The Hall–Kier alpha value is -1.68. The second kappa shape index (κ2) is 6.18. The van der Waals surface area contributed by atoms with Gasteiger partial charge in [0.15, 0.2) is 9.79 Å². The van der Waals surface area contributed by atoms with Gasteiger partial charge < -0.3 is 0 Å². The molecule has 0 amide bonds. The number of hydrogen-bond acceptors (Lipinski definition) is 0. The molecule has 0 saturated heterocycles. The predicted molar refractivity (Wildman–Crippen MR) is 76.7 cm³/mol. The molecular formula is C16H14F3S+. The molecule has 0 aliphatic rings. The zero-order valence-electron chi connectivity index (χ0n) is 10.9. The molecule has 0 N–H and O–H groups in total. The van der Waals surface area contributed by atoms with E-state index in [9.17, 15) is 13.2 Å². The number of benzene rings is 2. The summed E-state index contributed by atoms with van der Waals surface area (Å²) in [6, 6.07) is 16.8. The molecule has 0 spiro atoms. The number of alkyl halides is 3. The van der Waals surface area contributed by atoms with Gasteiger partial charge >= 0.3 is 6.18 Å². The van der Waals surface area contributed by atoms with Crippen LogP contribution < -0.4 is 0 Å². The van der Waals surface area contributed by atoms with E-state index in [1.165, 1.54) is 5.41 Å². The summed E-state index contributed by atoms with van der Waals surface area (Å²) in [6.07, 6.45) is -3.96. The van der Waals surface area contributed by atoms with Crippen molar-refractivity contribution in [3.63, 3.8) is 0 Å². The van der Waals surface area contributed by atoms with E-state index in [1.54, 1.807) is 0 Å². The maximum atomic E-state index is 12.5. The number of hydrogen-bond donors (Lipinski definition) is 0. The van der Waals surface area contributed by atoms with Crippen molar-refractivity contribution in [3.8, 4) is 0 Å². The Bertz CT molecular complexity index is 588. The molecule has 0 aliphatic heterocycles. The summed E-state index contributed by atoms with van der Waals surface area (Å²) in [4.78, 5) is 1.79. The van der Waals surface area contributed by atoms with Gasteiger partial charge in [0.1, 0.15) is 5.41 Å². The molecule has 0 saturated carbocycles. The van der Waals surface area contributed by atoms with E-state index >= 15 is 0 Å². The minimum atomic E-state index is -4.29. The fraction of sp³-hybridized carbons (Fsp3) is 0.125. The van der Waals surface area contributed by atoms with E-state index in [2.05, 4.69) is 0 Å². The summed E-state index contributed by atoms with van der Waals surface area (Å²) in [5.74, 6) is 0. The van der Waals surface area contributed by atoms with Crippen LogP contribution in [-0.4, -0.2) is 6.18 Å². The molecule has 2 rings (SSSR count). The lowest BCUT2D eigenvalue weighted by molar-refractivity contribution is -0.0796. The summed E-state index contributed by atoms with van der Waals surface area (Å²) in [7, 11) is -0.710. The molecule has 0 aliphatic carbocycles. The fourth-order valence-electron chi connectivity index (χ4n) is 1.79. The van der Waals surface area contributed by atoms with Crippen molar-refractivity contribution >= 4 is 10.9 Å². The number of rotatable bonds is 3. The first-order chi connectivity index (χ1) is 9.47. The molecule has 1 unspecified atom stereocenters. The zero-order chi connectivity index (χ0) is 14.6. The Morgan fingerprint density at radius 2 is 1.50 bits per heavy atom. The Labute approximate surface area is 119 Å². The van der Waals surface area contributed by atoms with Gasteiger partial charge in [0.2, 0.25) is 0 Å². The van der Waals surface area contributed by atoms with E-state index in [1.807, 2.05) is 61.5 Å². The maximum absolute atomic E-state index is 12.5. The van der Waals surface area contributed by atoms with Crippen molar-refractivity contribution in [1.29, 1.82) is 0 Å². The second-order valence-electron chi connectivity index (χ2n) is 4.26. The van der Waals surface area contributed by atoms with Crippen molar-refractivity contribution in [2.75, 3.05) is 0 Å². The Morgan fingerprint density at radius 3 is 2.10 bits per heavy atom. The van der Waals surface area contributed by atoms with Gasteiger partial charge in [-0.15, -0.1) is 0 Å². The minimum absolute atomic E-state index is 0.329. The highest BCUT2D eigenvalue weighted by molar-refractivity contribution is 7.99. The maximum Gasteiger partial charge on any atom is 0.413 e. The highest BCUT2D eigenvalue weighted by atomic mass is 32.2. The van der Waals surface area contributed by atoms with Gasteiger partial charge in [-0.2, -0.15) is 13.2 Å². The Kier molecular flexibility index (Phi) is 4.55. The smallest absolute Gasteiger partial charge is 0.167 e. The van der Waals surface area contributed by atoms with Crippen molar-refractivity contribution in [3.05, 3.63) is 71.6 Å². The summed E-state index contributed by atoms with van der Waals surface area (Å²) in [6.45, 7) is 1.92. The third kappa shape index (κ3) is 3.90. The molecule has 2 aromatic carbocycles. The summed E-state index contributed by atoms with van der Waals surface area (Å²) < 4.78 is 37.4.